The van der Waals surface area contributed by atoms with Gasteiger partial charge < -0.3 is 20.4 Å². The summed E-state index contributed by atoms with van der Waals surface area (Å²) in [5.41, 5.74) is 1.42. The normalized spacial score (nSPS) is 11.7. The van der Waals surface area contributed by atoms with Crippen LogP contribution >= 0.6 is 0 Å². The number of hydrogen-bond donors (Lipinski definition) is 4. The van der Waals surface area contributed by atoms with E-state index in [9.17, 15) is 20.4 Å². The summed E-state index contributed by atoms with van der Waals surface area (Å²) in [7, 11) is 0. The standard InChI is InChI=1S/C33H24O4/c34-25-15-11-21-13-17-29(36)31(27(21)19-25)33(23-7-3-1-4-8-23,24-9-5-2-6-10-24)32-28-20-26(35)16-12-22(28)14-18-30(32)37/h1-20,34-37H. The van der Waals surface area contributed by atoms with Crippen molar-refractivity contribution in [1.82, 2.24) is 0 Å². The van der Waals surface area contributed by atoms with Crippen LogP contribution in [0.3, 0.4) is 0 Å². The highest BCUT2D eigenvalue weighted by atomic mass is 16.3. The molecule has 0 unspecified atom stereocenters. The van der Waals surface area contributed by atoms with Crippen molar-refractivity contribution in [3.05, 3.63) is 144 Å². The molecule has 6 aromatic carbocycles. The predicted molar refractivity (Wildman–Crippen MR) is 146 cm³/mol. The molecular formula is C33H24O4. The molecule has 0 aliphatic heterocycles. The lowest BCUT2D eigenvalue weighted by molar-refractivity contribution is 0.449. The van der Waals surface area contributed by atoms with Crippen LogP contribution in [-0.4, -0.2) is 20.4 Å². The number of rotatable bonds is 4. The van der Waals surface area contributed by atoms with Crippen molar-refractivity contribution in [2.45, 2.75) is 5.41 Å². The predicted octanol–water partition coefficient (Wildman–Crippen LogP) is 7.20. The van der Waals surface area contributed by atoms with Crippen LogP contribution < -0.4 is 0 Å². The Labute approximate surface area is 214 Å². The van der Waals surface area contributed by atoms with Gasteiger partial charge in [0.25, 0.3) is 0 Å². The van der Waals surface area contributed by atoms with Gasteiger partial charge in [-0.05, 0) is 69.1 Å². The molecule has 0 saturated carbocycles. The van der Waals surface area contributed by atoms with Crippen molar-refractivity contribution < 1.29 is 20.4 Å². The summed E-state index contributed by atoms with van der Waals surface area (Å²) in [6.45, 7) is 0. The summed E-state index contributed by atoms with van der Waals surface area (Å²) >= 11 is 0. The second-order valence-corrected chi connectivity index (χ2v) is 9.21. The second kappa shape index (κ2) is 8.61. The molecule has 6 rings (SSSR count). The van der Waals surface area contributed by atoms with Gasteiger partial charge in [-0.2, -0.15) is 0 Å². The molecule has 4 heteroatoms. The fourth-order valence-corrected chi connectivity index (χ4v) is 5.63. The van der Waals surface area contributed by atoms with Crippen molar-refractivity contribution in [2.75, 3.05) is 0 Å². The molecule has 0 aromatic heterocycles. The zero-order valence-corrected chi connectivity index (χ0v) is 19.8. The smallest absolute Gasteiger partial charge is 0.121 e. The van der Waals surface area contributed by atoms with Crippen LogP contribution in [0.25, 0.3) is 21.5 Å². The zero-order chi connectivity index (χ0) is 25.6. The third kappa shape index (κ3) is 3.46. The van der Waals surface area contributed by atoms with Gasteiger partial charge in [0.2, 0.25) is 0 Å². The highest BCUT2D eigenvalue weighted by molar-refractivity contribution is 5.97. The van der Waals surface area contributed by atoms with E-state index >= 15 is 0 Å². The molecular weight excluding hydrogens is 460 g/mol. The molecule has 0 fully saturated rings. The summed E-state index contributed by atoms with van der Waals surface area (Å²) in [6.07, 6.45) is 0. The molecule has 0 spiro atoms. The Bertz CT molecular complexity index is 1620. The first kappa shape index (κ1) is 22.5. The molecule has 0 aliphatic rings. The molecule has 0 amide bonds. The first-order valence-corrected chi connectivity index (χ1v) is 12.0. The molecule has 4 nitrogen and oxygen atoms in total. The molecule has 0 saturated heterocycles. The van der Waals surface area contributed by atoms with Gasteiger partial charge in [-0.15, -0.1) is 0 Å². The van der Waals surface area contributed by atoms with Crippen LogP contribution in [0.15, 0.2) is 121 Å². The fraction of sp³-hybridized carbons (Fsp3) is 0.0303. The Balaban J connectivity index is 1.94. The minimum absolute atomic E-state index is 0.0161. The maximum Gasteiger partial charge on any atom is 0.121 e. The number of hydrogen-bond acceptors (Lipinski definition) is 4. The first-order chi connectivity index (χ1) is 18.0. The third-order valence-corrected chi connectivity index (χ3v) is 7.13. The van der Waals surface area contributed by atoms with E-state index < -0.39 is 5.41 Å². The van der Waals surface area contributed by atoms with E-state index in [4.69, 9.17) is 0 Å². The van der Waals surface area contributed by atoms with E-state index in [0.717, 1.165) is 21.9 Å². The maximum atomic E-state index is 11.6. The largest absolute Gasteiger partial charge is 0.508 e. The van der Waals surface area contributed by atoms with Crippen molar-refractivity contribution in [3.8, 4) is 23.0 Å². The van der Waals surface area contributed by atoms with Crippen LogP contribution in [0.5, 0.6) is 23.0 Å². The van der Waals surface area contributed by atoms with Gasteiger partial charge in [0, 0.05) is 11.1 Å². The maximum absolute atomic E-state index is 11.6. The Morgan fingerprint density at radius 3 is 1.19 bits per heavy atom. The fourth-order valence-electron chi connectivity index (χ4n) is 5.63. The van der Waals surface area contributed by atoms with E-state index in [1.807, 2.05) is 84.9 Å². The lowest BCUT2D eigenvalue weighted by Crippen LogP contribution is -2.32. The van der Waals surface area contributed by atoms with Crippen LogP contribution in [0.1, 0.15) is 22.3 Å². The number of phenolic OH excluding ortho intramolecular Hbond substituents is 4. The van der Waals surface area contributed by atoms with Crippen molar-refractivity contribution in [3.63, 3.8) is 0 Å². The average molecular weight is 485 g/mol. The molecule has 6 aromatic rings. The topological polar surface area (TPSA) is 80.9 Å². The lowest BCUT2D eigenvalue weighted by Gasteiger charge is -2.39. The summed E-state index contributed by atoms with van der Waals surface area (Å²) in [4.78, 5) is 0. The third-order valence-electron chi connectivity index (χ3n) is 7.13. The molecule has 0 aliphatic carbocycles. The van der Waals surface area contributed by atoms with Gasteiger partial charge in [0.15, 0.2) is 0 Å². The summed E-state index contributed by atoms with van der Waals surface area (Å²) in [6, 6.07) is 36.4. The van der Waals surface area contributed by atoms with E-state index in [0.29, 0.717) is 21.9 Å². The SMILES string of the molecule is Oc1ccc2ccc(O)c(C(c3ccccc3)(c3ccccc3)c3c(O)ccc4ccc(O)cc34)c2c1. The van der Waals surface area contributed by atoms with Gasteiger partial charge in [0.05, 0.1) is 5.41 Å². The minimum Gasteiger partial charge on any atom is -0.508 e. The van der Waals surface area contributed by atoms with Gasteiger partial charge in [0.1, 0.15) is 23.0 Å². The molecule has 0 bridgehead atoms. The Hall–Kier alpha value is -4.96. The van der Waals surface area contributed by atoms with Gasteiger partial charge in [-0.25, -0.2) is 0 Å². The van der Waals surface area contributed by atoms with Gasteiger partial charge >= 0.3 is 0 Å². The quantitative estimate of drug-likeness (QED) is 0.200. The Morgan fingerprint density at radius 1 is 0.405 bits per heavy atom. The van der Waals surface area contributed by atoms with E-state index in [1.54, 1.807) is 36.4 Å². The number of phenols is 4. The van der Waals surface area contributed by atoms with Crippen molar-refractivity contribution in [1.29, 1.82) is 0 Å². The van der Waals surface area contributed by atoms with Gasteiger partial charge in [-0.1, -0.05) is 84.9 Å². The first-order valence-electron chi connectivity index (χ1n) is 12.0. The Morgan fingerprint density at radius 2 is 0.784 bits per heavy atom. The van der Waals surface area contributed by atoms with Gasteiger partial charge in [-0.3, -0.25) is 0 Å². The highest BCUT2D eigenvalue weighted by Crippen LogP contribution is 2.55. The molecule has 180 valence electrons. The summed E-state index contributed by atoms with van der Waals surface area (Å²) in [5.74, 6) is 0.160. The van der Waals surface area contributed by atoms with Crippen LogP contribution in [0.4, 0.5) is 0 Å². The molecule has 4 N–H and O–H groups in total. The molecule has 0 atom stereocenters. The number of fused-ring (bicyclic) bond motifs is 2. The summed E-state index contributed by atoms with van der Waals surface area (Å²) < 4.78 is 0. The second-order valence-electron chi connectivity index (χ2n) is 9.21. The number of benzene rings is 6. The molecule has 0 radical (unpaired) electrons. The highest BCUT2D eigenvalue weighted by Gasteiger charge is 2.44. The van der Waals surface area contributed by atoms with E-state index in [2.05, 4.69) is 0 Å². The molecule has 0 heterocycles. The van der Waals surface area contributed by atoms with E-state index in [-0.39, 0.29) is 23.0 Å². The molecule has 37 heavy (non-hydrogen) atoms. The Kier molecular flexibility index (Phi) is 5.24. The zero-order valence-electron chi connectivity index (χ0n) is 19.8. The van der Waals surface area contributed by atoms with Crippen molar-refractivity contribution >= 4 is 21.5 Å². The van der Waals surface area contributed by atoms with Crippen molar-refractivity contribution in [2.24, 2.45) is 0 Å². The number of aromatic hydroxyl groups is 4. The average Bonchev–Trinajstić information content (AvgIpc) is 2.92. The van der Waals surface area contributed by atoms with E-state index in [1.165, 1.54) is 0 Å². The lowest BCUT2D eigenvalue weighted by atomic mass is 9.62. The summed E-state index contributed by atoms with van der Waals surface area (Å²) in [5, 5.41) is 47.2. The van der Waals surface area contributed by atoms with Crippen LogP contribution in [0, 0.1) is 0 Å². The van der Waals surface area contributed by atoms with Crippen LogP contribution in [0.2, 0.25) is 0 Å². The monoisotopic (exact) mass is 484 g/mol. The van der Waals surface area contributed by atoms with Crippen LogP contribution in [-0.2, 0) is 5.41 Å². The minimum atomic E-state index is -1.22.